The molecular formula is C13H19N3O3. The molecule has 1 fully saturated rings. The molecule has 1 aliphatic rings. The van der Waals surface area contributed by atoms with Gasteiger partial charge in [0.25, 0.3) is 5.91 Å². The monoisotopic (exact) mass is 265 g/mol. The number of rotatable bonds is 4. The molecule has 0 aliphatic carbocycles. The first kappa shape index (κ1) is 13.6. The summed E-state index contributed by atoms with van der Waals surface area (Å²) in [6.45, 7) is 1.76. The summed E-state index contributed by atoms with van der Waals surface area (Å²) in [5.41, 5.74) is 0.404. The van der Waals surface area contributed by atoms with Gasteiger partial charge < -0.3 is 19.9 Å². The predicted octanol–water partition coefficient (Wildman–Crippen LogP) is 0.397. The van der Waals surface area contributed by atoms with E-state index in [0.29, 0.717) is 5.69 Å². The Morgan fingerprint density at radius 2 is 2.11 bits per heavy atom. The minimum Gasteiger partial charge on any atom is -0.480 e. The second-order valence-electron chi connectivity index (χ2n) is 4.97. The summed E-state index contributed by atoms with van der Waals surface area (Å²) in [4.78, 5) is 25.1. The molecule has 0 spiro atoms. The van der Waals surface area contributed by atoms with Gasteiger partial charge in [0.2, 0.25) is 0 Å². The third-order valence-corrected chi connectivity index (χ3v) is 3.42. The highest BCUT2D eigenvalue weighted by Crippen LogP contribution is 2.10. The van der Waals surface area contributed by atoms with Gasteiger partial charge in [-0.2, -0.15) is 0 Å². The molecular weight excluding hydrogens is 246 g/mol. The topological polar surface area (TPSA) is 74.6 Å². The molecule has 1 saturated heterocycles. The van der Waals surface area contributed by atoms with E-state index in [2.05, 4.69) is 17.3 Å². The zero-order valence-corrected chi connectivity index (χ0v) is 11.0. The fourth-order valence-electron chi connectivity index (χ4n) is 2.32. The number of amides is 1. The smallest absolute Gasteiger partial charge is 0.323 e. The summed E-state index contributed by atoms with van der Waals surface area (Å²) >= 11 is 0. The lowest BCUT2D eigenvalue weighted by Crippen LogP contribution is -2.43. The standard InChI is InChI=1S/C13H19N3O3/c1-15-7-4-10(5-8-15)14-13(19)11-3-2-6-16(11)9-12(17)18/h2-3,6,10H,4-5,7-9H2,1H3,(H,14,19)(H,17,18). The molecule has 6 heteroatoms. The van der Waals surface area contributed by atoms with E-state index in [0.717, 1.165) is 25.9 Å². The van der Waals surface area contributed by atoms with Gasteiger partial charge in [0.05, 0.1) is 0 Å². The molecule has 2 rings (SSSR count). The minimum atomic E-state index is -0.954. The number of aromatic nitrogens is 1. The summed E-state index contributed by atoms with van der Waals surface area (Å²) < 4.78 is 1.45. The summed E-state index contributed by atoms with van der Waals surface area (Å²) in [6, 6.07) is 3.51. The molecule has 6 nitrogen and oxygen atoms in total. The number of nitrogens with zero attached hydrogens (tertiary/aromatic N) is 2. The first-order valence-electron chi connectivity index (χ1n) is 6.42. The second-order valence-corrected chi connectivity index (χ2v) is 4.97. The van der Waals surface area contributed by atoms with E-state index in [-0.39, 0.29) is 18.5 Å². The highest BCUT2D eigenvalue weighted by molar-refractivity contribution is 5.93. The SMILES string of the molecule is CN1CCC(NC(=O)c2cccn2CC(=O)O)CC1. The van der Waals surface area contributed by atoms with Crippen LogP contribution in [-0.2, 0) is 11.3 Å². The van der Waals surface area contributed by atoms with Gasteiger partial charge in [-0.15, -0.1) is 0 Å². The fourth-order valence-corrected chi connectivity index (χ4v) is 2.32. The molecule has 19 heavy (non-hydrogen) atoms. The molecule has 1 amide bonds. The Kier molecular flexibility index (Phi) is 4.21. The third kappa shape index (κ3) is 3.57. The van der Waals surface area contributed by atoms with Crippen LogP contribution in [0.5, 0.6) is 0 Å². The maximum Gasteiger partial charge on any atom is 0.323 e. The molecule has 0 radical (unpaired) electrons. The normalized spacial score (nSPS) is 17.3. The number of hydrogen-bond donors (Lipinski definition) is 2. The van der Waals surface area contributed by atoms with Crippen molar-refractivity contribution >= 4 is 11.9 Å². The van der Waals surface area contributed by atoms with Gasteiger partial charge in [-0.3, -0.25) is 9.59 Å². The lowest BCUT2D eigenvalue weighted by atomic mass is 10.1. The van der Waals surface area contributed by atoms with E-state index in [9.17, 15) is 9.59 Å². The van der Waals surface area contributed by atoms with E-state index in [1.807, 2.05) is 0 Å². The largest absolute Gasteiger partial charge is 0.480 e. The van der Waals surface area contributed by atoms with Crippen molar-refractivity contribution < 1.29 is 14.7 Å². The molecule has 104 valence electrons. The van der Waals surface area contributed by atoms with Crippen molar-refractivity contribution in [2.24, 2.45) is 0 Å². The van der Waals surface area contributed by atoms with Crippen molar-refractivity contribution in [3.8, 4) is 0 Å². The molecule has 1 aliphatic heterocycles. The molecule has 1 aromatic heterocycles. The lowest BCUT2D eigenvalue weighted by molar-refractivity contribution is -0.137. The Morgan fingerprint density at radius 3 is 2.74 bits per heavy atom. The molecule has 0 saturated carbocycles. The second kappa shape index (κ2) is 5.88. The van der Waals surface area contributed by atoms with Crippen LogP contribution < -0.4 is 5.32 Å². The van der Waals surface area contributed by atoms with Gasteiger partial charge >= 0.3 is 5.97 Å². The number of carbonyl (C=O) groups excluding carboxylic acids is 1. The van der Waals surface area contributed by atoms with Gasteiger partial charge in [-0.05, 0) is 45.1 Å². The van der Waals surface area contributed by atoms with Crippen LogP contribution in [0.4, 0.5) is 0 Å². The van der Waals surface area contributed by atoms with Crippen LogP contribution >= 0.6 is 0 Å². The number of nitrogens with one attached hydrogen (secondary N) is 1. The molecule has 2 heterocycles. The molecule has 0 bridgehead atoms. The predicted molar refractivity (Wildman–Crippen MR) is 70.1 cm³/mol. The molecule has 0 unspecified atom stereocenters. The van der Waals surface area contributed by atoms with E-state index < -0.39 is 5.97 Å². The zero-order chi connectivity index (χ0) is 13.8. The molecule has 0 aromatic carbocycles. The van der Waals surface area contributed by atoms with E-state index in [1.54, 1.807) is 18.3 Å². The number of carbonyl (C=O) groups is 2. The van der Waals surface area contributed by atoms with Crippen molar-refractivity contribution in [3.05, 3.63) is 24.0 Å². The number of likely N-dealkylation sites (tertiary alicyclic amines) is 1. The first-order valence-corrected chi connectivity index (χ1v) is 6.42. The summed E-state index contributed by atoms with van der Waals surface area (Å²) in [6.07, 6.45) is 3.47. The van der Waals surface area contributed by atoms with Crippen molar-refractivity contribution in [2.75, 3.05) is 20.1 Å². The minimum absolute atomic E-state index is 0.178. The number of hydrogen-bond acceptors (Lipinski definition) is 3. The van der Waals surface area contributed by atoms with Crippen molar-refractivity contribution in [1.82, 2.24) is 14.8 Å². The van der Waals surface area contributed by atoms with Crippen LogP contribution in [0.2, 0.25) is 0 Å². The average molecular weight is 265 g/mol. The summed E-state index contributed by atoms with van der Waals surface area (Å²) in [7, 11) is 2.07. The number of aliphatic carboxylic acids is 1. The maximum absolute atomic E-state index is 12.1. The highest BCUT2D eigenvalue weighted by atomic mass is 16.4. The van der Waals surface area contributed by atoms with Crippen LogP contribution in [0, 0.1) is 0 Å². The summed E-state index contributed by atoms with van der Waals surface area (Å²) in [5.74, 6) is -1.15. The van der Waals surface area contributed by atoms with Crippen LogP contribution in [0.15, 0.2) is 18.3 Å². The van der Waals surface area contributed by atoms with Crippen molar-refractivity contribution in [3.63, 3.8) is 0 Å². The molecule has 0 atom stereocenters. The lowest BCUT2D eigenvalue weighted by Gasteiger charge is -2.29. The molecule has 1 aromatic rings. The average Bonchev–Trinajstić information content (AvgIpc) is 2.79. The van der Waals surface area contributed by atoms with Gasteiger partial charge in [0, 0.05) is 12.2 Å². The van der Waals surface area contributed by atoms with Gasteiger partial charge in [0.1, 0.15) is 12.2 Å². The van der Waals surface area contributed by atoms with Crippen LogP contribution in [-0.4, -0.2) is 52.6 Å². The first-order chi connectivity index (χ1) is 9.06. The molecule has 2 N–H and O–H groups in total. The van der Waals surface area contributed by atoms with Crippen molar-refractivity contribution in [1.29, 1.82) is 0 Å². The number of carboxylic acids is 1. The quantitative estimate of drug-likeness (QED) is 0.826. The third-order valence-electron chi connectivity index (χ3n) is 3.42. The van der Waals surface area contributed by atoms with Crippen LogP contribution in [0.25, 0.3) is 0 Å². The van der Waals surface area contributed by atoms with E-state index in [4.69, 9.17) is 5.11 Å². The Hall–Kier alpha value is -1.82. The van der Waals surface area contributed by atoms with Gasteiger partial charge in [-0.1, -0.05) is 0 Å². The highest BCUT2D eigenvalue weighted by Gasteiger charge is 2.20. The van der Waals surface area contributed by atoms with Crippen LogP contribution in [0.1, 0.15) is 23.3 Å². The maximum atomic E-state index is 12.1. The Morgan fingerprint density at radius 1 is 1.42 bits per heavy atom. The Labute approximate surface area is 112 Å². The van der Waals surface area contributed by atoms with E-state index in [1.165, 1.54) is 4.57 Å². The Bertz CT molecular complexity index is 461. The Balaban J connectivity index is 1.96. The van der Waals surface area contributed by atoms with Crippen LogP contribution in [0.3, 0.4) is 0 Å². The zero-order valence-electron chi connectivity index (χ0n) is 11.0. The fraction of sp³-hybridized carbons (Fsp3) is 0.538. The number of piperidine rings is 1. The number of carboxylic acid groups (broad SMARTS) is 1. The van der Waals surface area contributed by atoms with Gasteiger partial charge in [0.15, 0.2) is 0 Å². The summed E-state index contributed by atoms with van der Waals surface area (Å²) in [5, 5.41) is 11.8. The van der Waals surface area contributed by atoms with Crippen molar-refractivity contribution in [2.45, 2.75) is 25.4 Å². The van der Waals surface area contributed by atoms with Gasteiger partial charge in [-0.25, -0.2) is 0 Å². The van der Waals surface area contributed by atoms with E-state index >= 15 is 0 Å².